The van der Waals surface area contributed by atoms with Crippen LogP contribution < -0.4 is 5.32 Å². The number of benzene rings is 2. The molecule has 118 valence electrons. The molecule has 22 heavy (non-hydrogen) atoms. The van der Waals surface area contributed by atoms with Gasteiger partial charge in [0.15, 0.2) is 0 Å². The molecule has 0 aromatic heterocycles. The highest BCUT2D eigenvalue weighted by Gasteiger charge is 2.06. The van der Waals surface area contributed by atoms with Crippen molar-refractivity contribution in [3.63, 3.8) is 0 Å². The maximum atomic E-state index is 3.57. The van der Waals surface area contributed by atoms with Crippen LogP contribution in [-0.2, 0) is 6.42 Å². The molecule has 2 rings (SSSR count). The van der Waals surface area contributed by atoms with Gasteiger partial charge in [0.1, 0.15) is 0 Å². The number of rotatable bonds is 6. The summed E-state index contributed by atoms with van der Waals surface area (Å²) in [6.07, 6.45) is 1.16. The second-order valence-corrected chi connectivity index (χ2v) is 7.00. The Bertz CT molecular complexity index is 576. The van der Waals surface area contributed by atoms with Gasteiger partial charge in [0.2, 0.25) is 0 Å². The van der Waals surface area contributed by atoms with E-state index in [9.17, 15) is 0 Å². The molecule has 1 heteroatoms. The van der Waals surface area contributed by atoms with Crippen molar-refractivity contribution < 1.29 is 0 Å². The molecule has 2 aromatic rings. The SMILES string of the molecule is Cc1cc(C)cc(NCC(C)c2ccc(CC(C)C)cc2)c1. The molecule has 0 spiro atoms. The largest absolute Gasteiger partial charge is 0.384 e. The smallest absolute Gasteiger partial charge is 0.0345 e. The van der Waals surface area contributed by atoms with Gasteiger partial charge in [0.05, 0.1) is 0 Å². The van der Waals surface area contributed by atoms with Gasteiger partial charge in [-0.25, -0.2) is 0 Å². The Morgan fingerprint density at radius 3 is 2.00 bits per heavy atom. The summed E-state index contributed by atoms with van der Waals surface area (Å²) < 4.78 is 0. The van der Waals surface area contributed by atoms with Gasteiger partial charge >= 0.3 is 0 Å². The number of hydrogen-bond acceptors (Lipinski definition) is 1. The zero-order chi connectivity index (χ0) is 16.1. The minimum atomic E-state index is 0.508. The lowest BCUT2D eigenvalue weighted by Crippen LogP contribution is -2.10. The second kappa shape index (κ2) is 7.49. The monoisotopic (exact) mass is 295 g/mol. The average Bonchev–Trinajstić information content (AvgIpc) is 2.44. The van der Waals surface area contributed by atoms with Gasteiger partial charge in [0.25, 0.3) is 0 Å². The third-order valence-corrected chi connectivity index (χ3v) is 4.03. The lowest BCUT2D eigenvalue weighted by Gasteiger charge is -2.16. The quantitative estimate of drug-likeness (QED) is 0.719. The third-order valence-electron chi connectivity index (χ3n) is 4.03. The highest BCUT2D eigenvalue weighted by atomic mass is 14.9. The zero-order valence-electron chi connectivity index (χ0n) is 14.6. The first-order chi connectivity index (χ1) is 10.4. The Morgan fingerprint density at radius 2 is 1.45 bits per heavy atom. The molecule has 0 radical (unpaired) electrons. The van der Waals surface area contributed by atoms with E-state index in [1.54, 1.807) is 0 Å². The highest BCUT2D eigenvalue weighted by Crippen LogP contribution is 2.20. The van der Waals surface area contributed by atoms with Crippen molar-refractivity contribution in [2.45, 2.75) is 47.0 Å². The minimum Gasteiger partial charge on any atom is -0.384 e. The Hall–Kier alpha value is -1.76. The Labute approximate surface area is 135 Å². The first kappa shape index (κ1) is 16.6. The number of hydrogen-bond donors (Lipinski definition) is 1. The van der Waals surface area contributed by atoms with Crippen LogP contribution >= 0.6 is 0 Å². The molecule has 0 fully saturated rings. The summed E-state index contributed by atoms with van der Waals surface area (Å²) in [5.74, 6) is 1.23. The van der Waals surface area contributed by atoms with Crippen LogP contribution in [0.1, 0.15) is 48.9 Å². The maximum Gasteiger partial charge on any atom is 0.0345 e. The van der Waals surface area contributed by atoms with Crippen molar-refractivity contribution in [1.29, 1.82) is 0 Å². The second-order valence-electron chi connectivity index (χ2n) is 7.00. The minimum absolute atomic E-state index is 0.508. The van der Waals surface area contributed by atoms with Gasteiger partial charge in [-0.15, -0.1) is 0 Å². The predicted molar refractivity (Wildman–Crippen MR) is 97.8 cm³/mol. The predicted octanol–water partition coefficient (Wildman–Crippen LogP) is 5.72. The highest BCUT2D eigenvalue weighted by molar-refractivity contribution is 5.48. The summed E-state index contributed by atoms with van der Waals surface area (Å²) in [5.41, 5.74) is 6.69. The molecule has 2 aromatic carbocycles. The molecular weight excluding hydrogens is 266 g/mol. The Balaban J connectivity index is 1.95. The van der Waals surface area contributed by atoms with Crippen molar-refractivity contribution in [2.24, 2.45) is 5.92 Å². The molecule has 0 aliphatic heterocycles. The molecular formula is C21H29N. The summed E-state index contributed by atoms with van der Waals surface area (Å²) in [6, 6.07) is 15.8. The molecule has 1 nitrogen and oxygen atoms in total. The summed E-state index contributed by atoms with van der Waals surface area (Å²) >= 11 is 0. The van der Waals surface area contributed by atoms with E-state index < -0.39 is 0 Å². The van der Waals surface area contributed by atoms with Crippen LogP contribution in [-0.4, -0.2) is 6.54 Å². The van der Waals surface area contributed by atoms with Crippen molar-refractivity contribution >= 4 is 5.69 Å². The van der Waals surface area contributed by atoms with Gasteiger partial charge in [0, 0.05) is 12.2 Å². The Morgan fingerprint density at radius 1 is 0.864 bits per heavy atom. The van der Waals surface area contributed by atoms with Crippen LogP contribution in [0.4, 0.5) is 5.69 Å². The maximum absolute atomic E-state index is 3.57. The van der Waals surface area contributed by atoms with Crippen molar-refractivity contribution in [3.8, 4) is 0 Å². The van der Waals surface area contributed by atoms with E-state index in [2.05, 4.69) is 82.4 Å². The van der Waals surface area contributed by atoms with E-state index in [1.165, 1.54) is 27.9 Å². The number of anilines is 1. The first-order valence-electron chi connectivity index (χ1n) is 8.35. The van der Waals surface area contributed by atoms with E-state index in [0.29, 0.717) is 5.92 Å². The Kier molecular flexibility index (Phi) is 5.65. The lowest BCUT2D eigenvalue weighted by atomic mass is 9.96. The normalized spacial score (nSPS) is 12.5. The van der Waals surface area contributed by atoms with Gasteiger partial charge in [-0.1, -0.05) is 51.1 Å². The number of nitrogens with one attached hydrogen (secondary N) is 1. The molecule has 0 saturated carbocycles. The van der Waals surface area contributed by atoms with Gasteiger partial charge in [-0.3, -0.25) is 0 Å². The third kappa shape index (κ3) is 4.91. The van der Waals surface area contributed by atoms with Gasteiger partial charge in [-0.2, -0.15) is 0 Å². The molecule has 1 N–H and O–H groups in total. The van der Waals surface area contributed by atoms with Gasteiger partial charge in [-0.05, 0) is 66.5 Å². The summed E-state index contributed by atoms with van der Waals surface area (Å²) in [6.45, 7) is 12.1. The number of aryl methyl sites for hydroxylation is 2. The van der Waals surface area contributed by atoms with E-state index in [-0.39, 0.29) is 0 Å². The topological polar surface area (TPSA) is 12.0 Å². The molecule has 0 heterocycles. The molecule has 0 aliphatic carbocycles. The van der Waals surface area contributed by atoms with Gasteiger partial charge < -0.3 is 5.32 Å². The molecule has 0 amide bonds. The van der Waals surface area contributed by atoms with Crippen LogP contribution in [0.3, 0.4) is 0 Å². The van der Waals surface area contributed by atoms with Crippen LogP contribution in [0, 0.1) is 19.8 Å². The lowest BCUT2D eigenvalue weighted by molar-refractivity contribution is 0.647. The van der Waals surface area contributed by atoms with E-state index in [1.807, 2.05) is 0 Å². The van der Waals surface area contributed by atoms with E-state index in [0.717, 1.165) is 18.9 Å². The molecule has 1 unspecified atom stereocenters. The molecule has 0 bridgehead atoms. The fraction of sp³-hybridized carbons (Fsp3) is 0.429. The van der Waals surface area contributed by atoms with Crippen molar-refractivity contribution in [1.82, 2.24) is 0 Å². The molecule has 0 aliphatic rings. The molecule has 1 atom stereocenters. The average molecular weight is 295 g/mol. The summed E-state index contributed by atoms with van der Waals surface area (Å²) in [7, 11) is 0. The van der Waals surface area contributed by atoms with Crippen molar-refractivity contribution in [3.05, 3.63) is 64.7 Å². The van der Waals surface area contributed by atoms with E-state index in [4.69, 9.17) is 0 Å². The summed E-state index contributed by atoms with van der Waals surface area (Å²) in [5, 5.41) is 3.57. The van der Waals surface area contributed by atoms with Crippen LogP contribution in [0.15, 0.2) is 42.5 Å². The van der Waals surface area contributed by atoms with Crippen molar-refractivity contribution in [2.75, 3.05) is 11.9 Å². The van der Waals surface area contributed by atoms with E-state index >= 15 is 0 Å². The van der Waals surface area contributed by atoms with Crippen LogP contribution in [0.2, 0.25) is 0 Å². The fourth-order valence-corrected chi connectivity index (χ4v) is 2.92. The zero-order valence-corrected chi connectivity index (χ0v) is 14.6. The molecule has 0 saturated heterocycles. The summed E-state index contributed by atoms with van der Waals surface area (Å²) in [4.78, 5) is 0. The standard InChI is InChI=1S/C21H29N/c1-15(2)10-19-6-8-20(9-7-19)18(5)14-22-21-12-16(3)11-17(4)13-21/h6-9,11-13,15,18,22H,10,14H2,1-5H3. The fourth-order valence-electron chi connectivity index (χ4n) is 2.92. The van der Waals surface area contributed by atoms with Crippen LogP contribution in [0.25, 0.3) is 0 Å². The first-order valence-corrected chi connectivity index (χ1v) is 8.35. The van der Waals surface area contributed by atoms with Crippen LogP contribution in [0.5, 0.6) is 0 Å².